The van der Waals surface area contributed by atoms with E-state index in [1.807, 2.05) is 0 Å². The van der Waals surface area contributed by atoms with Gasteiger partial charge in [-0.15, -0.1) is 0 Å². The van der Waals surface area contributed by atoms with E-state index < -0.39 is 5.91 Å². The third-order valence-electron chi connectivity index (χ3n) is 1.61. The van der Waals surface area contributed by atoms with Crippen LogP contribution in [0.2, 0.25) is 0 Å². The molecule has 0 atom stereocenters. The van der Waals surface area contributed by atoms with Crippen LogP contribution in [0.1, 0.15) is 6.42 Å². The number of hydrogen-bond acceptors (Lipinski definition) is 2. The monoisotopic (exact) mass is 322 g/mol. The SMILES string of the molecule is NC(=O)CCn1cc(Br)cc(Br)c1=O. The molecular formula is C8H8Br2N2O2. The Bertz CT molecular complexity index is 414. The molecule has 1 amide bonds. The first-order chi connectivity index (χ1) is 6.50. The molecule has 2 N–H and O–H groups in total. The minimum absolute atomic E-state index is 0.156. The predicted molar refractivity (Wildman–Crippen MR) is 59.9 cm³/mol. The van der Waals surface area contributed by atoms with Crippen molar-refractivity contribution in [2.75, 3.05) is 0 Å². The Morgan fingerprint density at radius 2 is 2.14 bits per heavy atom. The normalized spacial score (nSPS) is 10.1. The number of nitrogens with two attached hydrogens (primary N) is 1. The van der Waals surface area contributed by atoms with E-state index in [9.17, 15) is 9.59 Å². The van der Waals surface area contributed by atoms with E-state index >= 15 is 0 Å². The van der Waals surface area contributed by atoms with Gasteiger partial charge in [0.05, 0.1) is 4.47 Å². The lowest BCUT2D eigenvalue weighted by atomic mass is 10.4. The highest BCUT2D eigenvalue weighted by molar-refractivity contribution is 9.11. The van der Waals surface area contributed by atoms with Crippen LogP contribution in [-0.4, -0.2) is 10.5 Å². The van der Waals surface area contributed by atoms with Gasteiger partial charge < -0.3 is 10.3 Å². The zero-order valence-corrected chi connectivity index (χ0v) is 10.3. The molecule has 0 unspecified atom stereocenters. The summed E-state index contributed by atoms with van der Waals surface area (Å²) >= 11 is 6.37. The van der Waals surface area contributed by atoms with E-state index in [4.69, 9.17) is 5.73 Å². The quantitative estimate of drug-likeness (QED) is 0.909. The molecule has 6 heteroatoms. The van der Waals surface area contributed by atoms with Gasteiger partial charge >= 0.3 is 0 Å². The molecular weight excluding hydrogens is 316 g/mol. The number of amides is 1. The fourth-order valence-corrected chi connectivity index (χ4v) is 2.22. The fourth-order valence-electron chi connectivity index (χ4n) is 0.961. The number of pyridine rings is 1. The Labute approximate surface area is 97.4 Å². The first-order valence-corrected chi connectivity index (χ1v) is 5.43. The van der Waals surface area contributed by atoms with E-state index in [2.05, 4.69) is 31.9 Å². The summed E-state index contributed by atoms with van der Waals surface area (Å²) in [6.45, 7) is 0.298. The third-order valence-corrected chi connectivity index (χ3v) is 2.61. The van der Waals surface area contributed by atoms with Crippen LogP contribution >= 0.6 is 31.9 Å². The lowest BCUT2D eigenvalue weighted by Gasteiger charge is -2.04. The molecule has 4 nitrogen and oxygen atoms in total. The Hall–Kier alpha value is -0.620. The summed E-state index contributed by atoms with van der Waals surface area (Å²) in [4.78, 5) is 22.0. The van der Waals surface area contributed by atoms with E-state index in [0.717, 1.165) is 4.47 Å². The predicted octanol–water partition coefficient (Wildman–Crippen LogP) is 1.25. The van der Waals surface area contributed by atoms with Crippen LogP contribution in [0.15, 0.2) is 26.0 Å². The maximum atomic E-state index is 11.5. The van der Waals surface area contributed by atoms with Gasteiger partial charge in [0.1, 0.15) is 0 Å². The summed E-state index contributed by atoms with van der Waals surface area (Å²) < 4.78 is 2.66. The van der Waals surface area contributed by atoms with Crippen LogP contribution in [-0.2, 0) is 11.3 Å². The van der Waals surface area contributed by atoms with Gasteiger partial charge in [-0.2, -0.15) is 0 Å². The van der Waals surface area contributed by atoms with Crippen molar-refractivity contribution in [3.8, 4) is 0 Å². The Morgan fingerprint density at radius 1 is 1.50 bits per heavy atom. The highest BCUT2D eigenvalue weighted by Crippen LogP contribution is 2.12. The molecule has 0 bridgehead atoms. The van der Waals surface area contributed by atoms with Gasteiger partial charge in [0, 0.05) is 23.6 Å². The summed E-state index contributed by atoms with van der Waals surface area (Å²) in [5, 5.41) is 0. The second kappa shape index (κ2) is 4.75. The number of carbonyl (C=O) groups excluding carboxylic acids is 1. The van der Waals surface area contributed by atoms with Crippen molar-refractivity contribution in [2.45, 2.75) is 13.0 Å². The molecule has 0 saturated carbocycles. The maximum Gasteiger partial charge on any atom is 0.264 e. The molecule has 0 aliphatic heterocycles. The molecule has 0 fully saturated rings. The first-order valence-electron chi connectivity index (χ1n) is 3.84. The lowest BCUT2D eigenvalue weighted by molar-refractivity contribution is -0.118. The van der Waals surface area contributed by atoms with Crippen molar-refractivity contribution >= 4 is 37.8 Å². The van der Waals surface area contributed by atoms with Crippen LogP contribution in [0.5, 0.6) is 0 Å². The maximum absolute atomic E-state index is 11.5. The molecule has 0 aliphatic carbocycles. The van der Waals surface area contributed by atoms with Crippen LogP contribution in [0.25, 0.3) is 0 Å². The van der Waals surface area contributed by atoms with E-state index in [0.29, 0.717) is 11.0 Å². The minimum Gasteiger partial charge on any atom is -0.370 e. The Balaban J connectivity index is 2.97. The molecule has 1 aromatic heterocycles. The third kappa shape index (κ3) is 2.95. The zero-order chi connectivity index (χ0) is 10.7. The lowest BCUT2D eigenvalue weighted by Crippen LogP contribution is -2.23. The van der Waals surface area contributed by atoms with Crippen LogP contribution in [0.3, 0.4) is 0 Å². The van der Waals surface area contributed by atoms with Gasteiger partial charge in [0.25, 0.3) is 5.56 Å². The molecule has 14 heavy (non-hydrogen) atoms. The fraction of sp³-hybridized carbons (Fsp3) is 0.250. The minimum atomic E-state index is -0.423. The molecule has 0 radical (unpaired) electrons. The highest BCUT2D eigenvalue weighted by atomic mass is 79.9. The van der Waals surface area contributed by atoms with Crippen LogP contribution in [0.4, 0.5) is 0 Å². The largest absolute Gasteiger partial charge is 0.370 e. The second-order valence-corrected chi connectivity index (χ2v) is 4.49. The average Bonchev–Trinajstić information content (AvgIpc) is 2.08. The van der Waals surface area contributed by atoms with Crippen molar-refractivity contribution in [2.24, 2.45) is 5.73 Å². The van der Waals surface area contributed by atoms with E-state index in [-0.39, 0.29) is 12.0 Å². The number of nitrogens with zero attached hydrogens (tertiary/aromatic N) is 1. The van der Waals surface area contributed by atoms with Crippen LogP contribution in [0, 0.1) is 0 Å². The van der Waals surface area contributed by atoms with Gasteiger partial charge in [0.15, 0.2) is 0 Å². The average molecular weight is 324 g/mol. The second-order valence-electron chi connectivity index (χ2n) is 2.72. The molecule has 0 aliphatic rings. The van der Waals surface area contributed by atoms with Crippen molar-refractivity contribution in [1.29, 1.82) is 0 Å². The molecule has 76 valence electrons. The number of aromatic nitrogens is 1. The van der Waals surface area contributed by atoms with E-state index in [1.54, 1.807) is 12.3 Å². The zero-order valence-electron chi connectivity index (χ0n) is 7.17. The van der Waals surface area contributed by atoms with Gasteiger partial charge in [0.2, 0.25) is 5.91 Å². The number of rotatable bonds is 3. The molecule has 0 saturated heterocycles. The van der Waals surface area contributed by atoms with Gasteiger partial charge in [-0.1, -0.05) is 0 Å². The van der Waals surface area contributed by atoms with Gasteiger partial charge in [-0.05, 0) is 37.9 Å². The smallest absolute Gasteiger partial charge is 0.264 e. The van der Waals surface area contributed by atoms with E-state index in [1.165, 1.54) is 4.57 Å². The van der Waals surface area contributed by atoms with Gasteiger partial charge in [-0.25, -0.2) is 0 Å². The summed E-state index contributed by atoms with van der Waals surface area (Å²) in [6, 6.07) is 1.66. The van der Waals surface area contributed by atoms with Crippen molar-refractivity contribution in [1.82, 2.24) is 4.57 Å². The number of aryl methyl sites for hydroxylation is 1. The summed E-state index contributed by atoms with van der Waals surface area (Å²) in [6.07, 6.45) is 1.78. The Morgan fingerprint density at radius 3 is 2.71 bits per heavy atom. The molecule has 1 heterocycles. The molecule has 0 spiro atoms. The highest BCUT2D eigenvalue weighted by Gasteiger charge is 2.03. The Kier molecular flexibility index (Phi) is 3.88. The summed E-state index contributed by atoms with van der Waals surface area (Å²) in [7, 11) is 0. The first kappa shape index (κ1) is 11.5. The number of primary amides is 1. The summed E-state index contributed by atoms with van der Waals surface area (Å²) in [5.41, 5.74) is 4.82. The number of carbonyl (C=O) groups is 1. The topological polar surface area (TPSA) is 65.1 Å². The molecule has 1 rings (SSSR count). The van der Waals surface area contributed by atoms with Gasteiger partial charge in [-0.3, -0.25) is 9.59 Å². The van der Waals surface area contributed by atoms with Crippen molar-refractivity contribution in [3.05, 3.63) is 31.6 Å². The van der Waals surface area contributed by atoms with Crippen LogP contribution < -0.4 is 11.3 Å². The van der Waals surface area contributed by atoms with Crippen molar-refractivity contribution in [3.63, 3.8) is 0 Å². The molecule has 1 aromatic rings. The van der Waals surface area contributed by atoms with Crippen molar-refractivity contribution < 1.29 is 4.79 Å². The summed E-state index contributed by atoms with van der Waals surface area (Å²) in [5.74, 6) is -0.423. The number of halogens is 2. The molecule has 0 aromatic carbocycles. The number of hydrogen-bond donors (Lipinski definition) is 1. The standard InChI is InChI=1S/C8H8Br2N2O2/c9-5-3-6(10)8(14)12(4-5)2-1-7(11)13/h3-4H,1-2H2,(H2,11,13).